The molecule has 21 rings (SSSR count). The van der Waals surface area contributed by atoms with Gasteiger partial charge in [0.05, 0.1) is 22.1 Å². The molecule has 2 aromatic heterocycles. The third-order valence-electron chi connectivity index (χ3n) is 19.7. The third-order valence-corrected chi connectivity index (χ3v) is 19.7. The number of aromatic nitrogens is 2. The second-order valence-corrected chi connectivity index (χ2v) is 23.2. The number of hydrogen-bond acceptors (Lipinski definition) is 0. The van der Waals surface area contributed by atoms with Crippen molar-refractivity contribution < 1.29 is 0 Å². The zero-order chi connectivity index (χ0) is 52.1. The Balaban J connectivity index is 1.06. The van der Waals surface area contributed by atoms with Crippen molar-refractivity contribution in [1.29, 1.82) is 0 Å². The van der Waals surface area contributed by atoms with Gasteiger partial charge < -0.3 is 9.13 Å². The van der Waals surface area contributed by atoms with Crippen LogP contribution in [0.4, 0.5) is 0 Å². The molecule has 0 aliphatic carbocycles. The summed E-state index contributed by atoms with van der Waals surface area (Å²) < 4.78 is 5.41. The Labute approximate surface area is 462 Å². The molecule has 0 radical (unpaired) electrons. The fraction of sp³-hybridized carbons (Fsp3) is 0. The molecule has 2 aliphatic rings. The number of hydrogen-bond donors (Lipinski definition) is 0. The first kappa shape index (κ1) is 41.6. The van der Waals surface area contributed by atoms with Crippen LogP contribution in [0.5, 0.6) is 0 Å². The third kappa shape index (κ3) is 4.78. The molecule has 0 N–H and O–H groups in total. The maximum atomic E-state index is 2.70. The molecule has 2 nitrogen and oxygen atoms in total. The van der Waals surface area contributed by atoms with Gasteiger partial charge in [-0.05, 0) is 148 Å². The van der Waals surface area contributed by atoms with Crippen molar-refractivity contribution in [2.45, 2.75) is 0 Å². The van der Waals surface area contributed by atoms with Crippen molar-refractivity contribution in [3.8, 4) is 11.4 Å². The standard InChI is InChI=1S/C78H41BN2/c1-5-26-50-42(18-1)46-22-9-13-30-54(46)68-58(50)36-38-64-72(68)74-70-56-32-15-11-24-48(56)44-20-3-7-28-52(44)60(70)40-62-77(74)80(64)66-34-17-35-67-76(66)79(62)63-41-61-53-29-8-4-21-45(53)49-25-12-16-33-57(49)71(61)75-73-65(81(67)78(63)75)39-37-59-51-27-6-2-19-43(51)47-23-10-14-31-55(47)69(59)73/h1-41H. The highest BCUT2D eigenvalue weighted by atomic mass is 15.0. The predicted molar refractivity (Wildman–Crippen MR) is 350 cm³/mol. The topological polar surface area (TPSA) is 9.86 Å². The van der Waals surface area contributed by atoms with E-state index in [1.165, 1.54) is 201 Å². The highest BCUT2D eigenvalue weighted by Crippen LogP contribution is 2.52. The number of benzene rings is 17. The lowest BCUT2D eigenvalue weighted by atomic mass is 9.34. The van der Waals surface area contributed by atoms with Gasteiger partial charge in [0.2, 0.25) is 0 Å². The summed E-state index contributed by atoms with van der Waals surface area (Å²) >= 11 is 0. The van der Waals surface area contributed by atoms with Crippen LogP contribution >= 0.6 is 0 Å². The minimum absolute atomic E-state index is 0.105. The van der Waals surface area contributed by atoms with Crippen molar-refractivity contribution in [2.24, 2.45) is 0 Å². The van der Waals surface area contributed by atoms with Gasteiger partial charge in [0.25, 0.3) is 6.71 Å². The van der Waals surface area contributed by atoms with E-state index in [4.69, 9.17) is 0 Å². The molecule has 0 fully saturated rings. The minimum Gasteiger partial charge on any atom is -0.310 e. The number of fused-ring (bicyclic) bond motifs is 38. The Morgan fingerprint density at radius 2 is 0.444 bits per heavy atom. The minimum atomic E-state index is -0.105. The van der Waals surface area contributed by atoms with Gasteiger partial charge in [0.15, 0.2) is 0 Å². The average molecular weight is 1020 g/mol. The van der Waals surface area contributed by atoms with Crippen LogP contribution in [-0.2, 0) is 0 Å². The van der Waals surface area contributed by atoms with Crippen LogP contribution in [0, 0.1) is 0 Å². The zero-order valence-electron chi connectivity index (χ0n) is 43.6. The summed E-state index contributed by atoms with van der Waals surface area (Å²) in [7, 11) is 0. The summed E-state index contributed by atoms with van der Waals surface area (Å²) in [5.41, 5.74) is 11.7. The van der Waals surface area contributed by atoms with Crippen LogP contribution in [-0.4, -0.2) is 15.8 Å². The zero-order valence-corrected chi connectivity index (χ0v) is 43.6. The summed E-state index contributed by atoms with van der Waals surface area (Å²) in [6.07, 6.45) is 0. The fourth-order valence-corrected chi connectivity index (χ4v) is 16.9. The molecule has 0 unspecified atom stereocenters. The van der Waals surface area contributed by atoms with Crippen molar-refractivity contribution in [2.75, 3.05) is 0 Å². The maximum absolute atomic E-state index is 2.70. The average Bonchev–Trinajstić information content (AvgIpc) is 1.74. The van der Waals surface area contributed by atoms with Crippen molar-refractivity contribution in [3.63, 3.8) is 0 Å². The molecule has 0 amide bonds. The molecule has 0 saturated carbocycles. The first-order valence-corrected chi connectivity index (χ1v) is 28.5. The van der Waals surface area contributed by atoms with Gasteiger partial charge in [0, 0.05) is 54.5 Å². The molecule has 3 heteroatoms. The number of nitrogens with zero attached hydrogens (tertiary/aromatic N) is 2. The van der Waals surface area contributed by atoms with E-state index >= 15 is 0 Å². The summed E-state index contributed by atoms with van der Waals surface area (Å²) in [5, 5.41) is 36.4. The first-order valence-electron chi connectivity index (χ1n) is 28.5. The highest BCUT2D eigenvalue weighted by molar-refractivity contribution is 7.01. The Hall–Kier alpha value is -10.5. The van der Waals surface area contributed by atoms with E-state index in [-0.39, 0.29) is 6.71 Å². The second kappa shape index (κ2) is 14.4. The molecule has 4 heterocycles. The van der Waals surface area contributed by atoms with Crippen LogP contribution in [0.3, 0.4) is 0 Å². The fourth-order valence-electron chi connectivity index (χ4n) is 16.9. The first-order chi connectivity index (χ1) is 40.3. The van der Waals surface area contributed by atoms with E-state index in [1.807, 2.05) is 0 Å². The molecular formula is C78H41BN2. The van der Waals surface area contributed by atoms with Crippen LogP contribution in [0.2, 0.25) is 0 Å². The molecule has 81 heavy (non-hydrogen) atoms. The van der Waals surface area contributed by atoms with Crippen LogP contribution < -0.4 is 16.4 Å². The predicted octanol–water partition coefficient (Wildman–Crippen LogP) is 18.9. The molecule has 2 aliphatic heterocycles. The summed E-state index contributed by atoms with van der Waals surface area (Å²) in [4.78, 5) is 0. The Bertz CT molecular complexity index is 5830. The lowest BCUT2D eigenvalue weighted by Crippen LogP contribution is -2.59. The lowest BCUT2D eigenvalue weighted by Gasteiger charge is -2.34. The lowest BCUT2D eigenvalue weighted by molar-refractivity contribution is 1.14. The van der Waals surface area contributed by atoms with E-state index < -0.39 is 0 Å². The summed E-state index contributed by atoms with van der Waals surface area (Å²) in [5.74, 6) is 0. The second-order valence-electron chi connectivity index (χ2n) is 23.2. The Morgan fingerprint density at radius 1 is 0.198 bits per heavy atom. The van der Waals surface area contributed by atoms with Crippen molar-refractivity contribution in [3.05, 3.63) is 249 Å². The van der Waals surface area contributed by atoms with Gasteiger partial charge in [-0.1, -0.05) is 224 Å². The van der Waals surface area contributed by atoms with Gasteiger partial charge in [-0.15, -0.1) is 0 Å². The van der Waals surface area contributed by atoms with E-state index in [2.05, 4.69) is 258 Å². The molecule has 0 bridgehead atoms. The summed E-state index contributed by atoms with van der Waals surface area (Å²) in [6, 6.07) is 95.6. The quantitative estimate of drug-likeness (QED) is 0.106. The van der Waals surface area contributed by atoms with Gasteiger partial charge in [-0.3, -0.25) is 0 Å². The molecule has 0 atom stereocenters. The van der Waals surface area contributed by atoms with Crippen molar-refractivity contribution in [1.82, 2.24) is 9.13 Å². The molecule has 366 valence electrons. The van der Waals surface area contributed by atoms with E-state index in [0.717, 1.165) is 0 Å². The van der Waals surface area contributed by atoms with E-state index in [1.54, 1.807) is 0 Å². The Morgan fingerprint density at radius 3 is 0.753 bits per heavy atom. The number of rotatable bonds is 0. The van der Waals surface area contributed by atoms with Gasteiger partial charge in [0.1, 0.15) is 0 Å². The smallest absolute Gasteiger partial charge is 0.252 e. The van der Waals surface area contributed by atoms with Crippen molar-refractivity contribution >= 4 is 196 Å². The normalized spacial score (nSPS) is 13.2. The SMILES string of the molecule is c1cc2c3c(c1)-n1c4ccc5c6ccccc6c6ccccc6c5c4c4c5c6ccccc6c6ccccc6c5cc(c41)B3c1cc3c4ccccc4c4ccccc4c3c3c4c5c6ccccc6c6ccccc6c5ccc4n-2c13. The van der Waals surface area contributed by atoms with Gasteiger partial charge in [-0.2, -0.15) is 0 Å². The van der Waals surface area contributed by atoms with Crippen LogP contribution in [0.15, 0.2) is 249 Å². The molecule has 0 saturated heterocycles. The maximum Gasteiger partial charge on any atom is 0.252 e. The molecule has 17 aromatic carbocycles. The monoisotopic (exact) mass is 1020 g/mol. The molecule has 19 aromatic rings. The molecular weight excluding hydrogens is 976 g/mol. The van der Waals surface area contributed by atoms with Gasteiger partial charge in [-0.25, -0.2) is 0 Å². The van der Waals surface area contributed by atoms with Gasteiger partial charge >= 0.3 is 0 Å². The van der Waals surface area contributed by atoms with E-state index in [9.17, 15) is 0 Å². The van der Waals surface area contributed by atoms with Crippen LogP contribution in [0.1, 0.15) is 0 Å². The largest absolute Gasteiger partial charge is 0.310 e. The summed E-state index contributed by atoms with van der Waals surface area (Å²) in [6.45, 7) is -0.105. The van der Waals surface area contributed by atoms with E-state index in [0.29, 0.717) is 0 Å². The van der Waals surface area contributed by atoms with Crippen LogP contribution in [0.25, 0.3) is 184 Å². The highest BCUT2D eigenvalue weighted by Gasteiger charge is 2.43. The molecule has 0 spiro atoms. The Kier molecular flexibility index (Phi) is 7.40.